The lowest BCUT2D eigenvalue weighted by molar-refractivity contribution is -0.143. The first-order valence-electron chi connectivity index (χ1n) is 13.1. The van der Waals surface area contributed by atoms with Crippen molar-refractivity contribution in [3.05, 3.63) is 35.9 Å². The van der Waals surface area contributed by atoms with E-state index in [0.717, 1.165) is 5.56 Å². The first-order valence-corrected chi connectivity index (χ1v) is 13.1. The zero-order valence-corrected chi connectivity index (χ0v) is 22.8. The molecule has 1 aromatic carbocycles. The molecule has 40 heavy (non-hydrogen) atoms. The number of hydrogen-bond acceptors (Lipinski definition) is 7. The van der Waals surface area contributed by atoms with Crippen molar-refractivity contribution >= 4 is 35.6 Å². The normalized spacial score (nSPS) is 14.5. The number of aliphatic imine (C=N–C) groups is 1. The van der Waals surface area contributed by atoms with Gasteiger partial charge in [-0.3, -0.25) is 24.2 Å². The highest BCUT2D eigenvalue weighted by atomic mass is 16.4. The first kappa shape index (κ1) is 33.8. The number of nitrogens with zero attached hydrogens (tertiary/aromatic N) is 1. The van der Waals surface area contributed by atoms with Gasteiger partial charge in [-0.2, -0.15) is 0 Å². The highest BCUT2D eigenvalue weighted by molar-refractivity contribution is 5.94. The van der Waals surface area contributed by atoms with Gasteiger partial charge in [0.05, 0.1) is 6.04 Å². The molecular weight excluding hydrogens is 522 g/mol. The van der Waals surface area contributed by atoms with E-state index in [1.165, 1.54) is 0 Å². The van der Waals surface area contributed by atoms with E-state index in [4.69, 9.17) is 22.3 Å². The maximum Gasteiger partial charge on any atom is 0.326 e. The van der Waals surface area contributed by atoms with Crippen molar-refractivity contribution in [2.75, 3.05) is 6.54 Å². The molecule has 0 aliphatic rings. The van der Waals surface area contributed by atoms with Gasteiger partial charge in [-0.15, -0.1) is 0 Å². The third-order valence-corrected chi connectivity index (χ3v) is 6.27. The molecule has 0 saturated heterocycles. The van der Waals surface area contributed by atoms with E-state index in [1.807, 2.05) is 37.3 Å². The van der Waals surface area contributed by atoms with Crippen molar-refractivity contribution in [3.63, 3.8) is 0 Å². The molecule has 5 unspecified atom stereocenters. The topological polar surface area (TPSA) is 252 Å². The van der Waals surface area contributed by atoms with Gasteiger partial charge in [-0.05, 0) is 37.2 Å². The number of guanidine groups is 1. The van der Waals surface area contributed by atoms with Crippen molar-refractivity contribution in [1.82, 2.24) is 16.0 Å². The van der Waals surface area contributed by atoms with E-state index in [9.17, 15) is 29.1 Å². The minimum absolute atomic E-state index is 0.0116. The Morgan fingerprint density at radius 3 is 2.08 bits per heavy atom. The second kappa shape index (κ2) is 17.4. The summed E-state index contributed by atoms with van der Waals surface area (Å²) in [5, 5.41) is 26.1. The lowest BCUT2D eigenvalue weighted by atomic mass is 9.96. The molecular formula is C26H41N7O7. The molecule has 1 aromatic rings. The van der Waals surface area contributed by atoms with Crippen LogP contribution >= 0.6 is 0 Å². The highest BCUT2D eigenvalue weighted by Crippen LogP contribution is 2.11. The lowest BCUT2D eigenvalue weighted by Gasteiger charge is -2.28. The van der Waals surface area contributed by atoms with Gasteiger partial charge >= 0.3 is 11.9 Å². The predicted octanol–water partition coefficient (Wildman–Crippen LogP) is -0.940. The summed E-state index contributed by atoms with van der Waals surface area (Å²) < 4.78 is 0. The van der Waals surface area contributed by atoms with Crippen LogP contribution in [0.3, 0.4) is 0 Å². The molecule has 0 radical (unpaired) electrons. The van der Waals surface area contributed by atoms with Crippen molar-refractivity contribution in [2.24, 2.45) is 28.1 Å². The fraction of sp³-hybridized carbons (Fsp3) is 0.538. The van der Waals surface area contributed by atoms with Gasteiger partial charge in [0.15, 0.2) is 5.96 Å². The first-order chi connectivity index (χ1) is 18.8. The fourth-order valence-electron chi connectivity index (χ4n) is 3.75. The Morgan fingerprint density at radius 2 is 1.52 bits per heavy atom. The van der Waals surface area contributed by atoms with Crippen LogP contribution in [0.5, 0.6) is 0 Å². The monoisotopic (exact) mass is 563 g/mol. The Labute approximate surface area is 233 Å². The summed E-state index contributed by atoms with van der Waals surface area (Å²) in [6.07, 6.45) is 0.194. The lowest BCUT2D eigenvalue weighted by Crippen LogP contribution is -2.58. The zero-order chi connectivity index (χ0) is 30.2. The smallest absolute Gasteiger partial charge is 0.326 e. The summed E-state index contributed by atoms with van der Waals surface area (Å²) in [5.74, 6) is -5.22. The molecule has 0 bridgehead atoms. The second-order valence-electron chi connectivity index (χ2n) is 9.51. The Balaban J connectivity index is 2.99. The molecule has 14 heteroatoms. The maximum atomic E-state index is 13.3. The van der Waals surface area contributed by atoms with Gasteiger partial charge in [0.25, 0.3) is 0 Å². The maximum absolute atomic E-state index is 13.3. The average Bonchev–Trinajstić information content (AvgIpc) is 2.90. The van der Waals surface area contributed by atoms with Crippen LogP contribution in [0, 0.1) is 5.92 Å². The van der Waals surface area contributed by atoms with Crippen LogP contribution in [0.15, 0.2) is 35.3 Å². The summed E-state index contributed by atoms with van der Waals surface area (Å²) in [5.41, 5.74) is 17.4. The van der Waals surface area contributed by atoms with Crippen molar-refractivity contribution < 1.29 is 34.2 Å². The van der Waals surface area contributed by atoms with Gasteiger partial charge in [0, 0.05) is 13.0 Å². The molecule has 11 N–H and O–H groups in total. The third kappa shape index (κ3) is 12.6. The predicted molar refractivity (Wildman–Crippen MR) is 148 cm³/mol. The van der Waals surface area contributed by atoms with Crippen LogP contribution in [0.4, 0.5) is 0 Å². The van der Waals surface area contributed by atoms with E-state index in [2.05, 4.69) is 20.9 Å². The number of carbonyl (C=O) groups excluding carboxylic acids is 3. The van der Waals surface area contributed by atoms with Crippen LogP contribution in [0.2, 0.25) is 0 Å². The summed E-state index contributed by atoms with van der Waals surface area (Å²) in [7, 11) is 0. The quantitative estimate of drug-likeness (QED) is 0.0618. The largest absolute Gasteiger partial charge is 0.481 e. The summed E-state index contributed by atoms with van der Waals surface area (Å²) >= 11 is 0. The minimum atomic E-state index is -1.37. The number of hydrogen-bond donors (Lipinski definition) is 8. The second-order valence-corrected chi connectivity index (χ2v) is 9.51. The molecule has 3 amide bonds. The van der Waals surface area contributed by atoms with E-state index in [1.54, 1.807) is 6.92 Å². The minimum Gasteiger partial charge on any atom is -0.481 e. The molecule has 0 spiro atoms. The van der Waals surface area contributed by atoms with Crippen LogP contribution < -0.4 is 33.2 Å². The summed E-state index contributed by atoms with van der Waals surface area (Å²) in [6, 6.07) is 4.40. The summed E-state index contributed by atoms with van der Waals surface area (Å²) in [4.78, 5) is 65.7. The Kier molecular flexibility index (Phi) is 14.7. The van der Waals surface area contributed by atoms with Crippen molar-refractivity contribution in [1.29, 1.82) is 0 Å². The zero-order valence-electron chi connectivity index (χ0n) is 22.8. The Bertz CT molecular complexity index is 1030. The number of aliphatic carboxylic acids is 2. The van der Waals surface area contributed by atoms with Gasteiger partial charge in [0.2, 0.25) is 17.7 Å². The van der Waals surface area contributed by atoms with E-state index in [-0.39, 0.29) is 44.1 Å². The molecule has 222 valence electrons. The van der Waals surface area contributed by atoms with Crippen LogP contribution in [0.1, 0.15) is 51.5 Å². The molecule has 14 nitrogen and oxygen atoms in total. The van der Waals surface area contributed by atoms with Gasteiger partial charge < -0.3 is 43.4 Å². The molecule has 0 aliphatic carbocycles. The van der Waals surface area contributed by atoms with Crippen molar-refractivity contribution in [2.45, 2.75) is 76.5 Å². The molecule has 0 aromatic heterocycles. The number of nitrogens with one attached hydrogen (secondary N) is 3. The standard InChI is InChI=1S/C26H41N7O7/c1-3-15(2)21(33-22(36)17(27)14-16-8-5-4-6-9-16)24(38)31-18(11-12-20(34)35)23(37)32-19(25(39)40)10-7-13-30-26(28)29/h4-6,8-9,15,17-19,21H,3,7,10-14,27H2,1-2H3,(H,31,38)(H,32,37)(H,33,36)(H,34,35)(H,39,40)(H4,28,29,30). The van der Waals surface area contributed by atoms with Crippen molar-refractivity contribution in [3.8, 4) is 0 Å². The number of carbonyl (C=O) groups is 5. The number of nitrogens with two attached hydrogens (primary N) is 3. The van der Waals surface area contributed by atoms with Gasteiger partial charge in [-0.25, -0.2) is 4.79 Å². The molecule has 0 heterocycles. The van der Waals surface area contributed by atoms with E-state index in [0.29, 0.717) is 6.42 Å². The molecule has 0 fully saturated rings. The Hall–Kier alpha value is -4.20. The Morgan fingerprint density at radius 1 is 0.900 bits per heavy atom. The van der Waals surface area contributed by atoms with E-state index >= 15 is 0 Å². The SMILES string of the molecule is CCC(C)C(NC(=O)C(N)Cc1ccccc1)C(=O)NC(CCC(=O)O)C(=O)NC(CCCN=C(N)N)C(=O)O. The molecule has 0 aliphatic heterocycles. The highest BCUT2D eigenvalue weighted by Gasteiger charge is 2.32. The summed E-state index contributed by atoms with van der Waals surface area (Å²) in [6.45, 7) is 3.69. The fourth-order valence-corrected chi connectivity index (χ4v) is 3.75. The van der Waals surface area contributed by atoms with E-state index < -0.39 is 60.2 Å². The number of carboxylic acid groups (broad SMARTS) is 2. The van der Waals surface area contributed by atoms with Crippen LogP contribution in [0.25, 0.3) is 0 Å². The number of rotatable bonds is 18. The van der Waals surface area contributed by atoms with Crippen LogP contribution in [-0.4, -0.2) is 76.5 Å². The number of amides is 3. The van der Waals surface area contributed by atoms with Gasteiger partial charge in [-0.1, -0.05) is 50.6 Å². The molecule has 5 atom stereocenters. The van der Waals surface area contributed by atoms with Gasteiger partial charge in [0.1, 0.15) is 18.1 Å². The number of carboxylic acids is 2. The average molecular weight is 564 g/mol. The van der Waals surface area contributed by atoms with Crippen LogP contribution in [-0.2, 0) is 30.4 Å². The molecule has 1 rings (SSSR count). The third-order valence-electron chi connectivity index (χ3n) is 6.27. The molecule has 0 saturated carbocycles. The number of benzene rings is 1.